The van der Waals surface area contributed by atoms with Gasteiger partial charge in [0.1, 0.15) is 5.69 Å². The SMILES string of the molecule is O=C(c1cn(-c2ccccc2)nc1-c1ccccc1)N1CC[C@@H](O)C1. The molecule has 0 bridgehead atoms. The van der Waals surface area contributed by atoms with E-state index < -0.39 is 6.10 Å². The molecular formula is C20H19N3O2. The summed E-state index contributed by atoms with van der Waals surface area (Å²) in [4.78, 5) is 14.7. The number of hydrogen-bond acceptors (Lipinski definition) is 3. The van der Waals surface area contributed by atoms with Crippen molar-refractivity contribution in [1.29, 1.82) is 0 Å². The van der Waals surface area contributed by atoms with E-state index in [0.717, 1.165) is 11.3 Å². The number of likely N-dealkylation sites (tertiary alicyclic amines) is 1. The van der Waals surface area contributed by atoms with Gasteiger partial charge in [0, 0.05) is 24.8 Å². The van der Waals surface area contributed by atoms with Crippen molar-refractivity contribution in [2.75, 3.05) is 13.1 Å². The predicted molar refractivity (Wildman–Crippen MR) is 95.5 cm³/mol. The molecule has 2 heterocycles. The lowest BCUT2D eigenvalue weighted by molar-refractivity contribution is 0.0765. The minimum atomic E-state index is -0.437. The number of aromatic nitrogens is 2. The van der Waals surface area contributed by atoms with E-state index in [4.69, 9.17) is 0 Å². The second-order valence-electron chi connectivity index (χ2n) is 6.23. The normalized spacial score (nSPS) is 17.0. The van der Waals surface area contributed by atoms with Crippen LogP contribution < -0.4 is 0 Å². The van der Waals surface area contributed by atoms with Gasteiger partial charge < -0.3 is 10.0 Å². The average molecular weight is 333 g/mol. The van der Waals surface area contributed by atoms with Crippen LogP contribution in [0.3, 0.4) is 0 Å². The van der Waals surface area contributed by atoms with Crippen LogP contribution >= 0.6 is 0 Å². The van der Waals surface area contributed by atoms with Gasteiger partial charge in [-0.25, -0.2) is 4.68 Å². The number of aliphatic hydroxyl groups is 1. The molecule has 0 saturated carbocycles. The predicted octanol–water partition coefficient (Wildman–Crippen LogP) is 2.75. The van der Waals surface area contributed by atoms with Crippen LogP contribution in [0.5, 0.6) is 0 Å². The molecule has 1 atom stereocenters. The fourth-order valence-electron chi connectivity index (χ4n) is 3.15. The van der Waals surface area contributed by atoms with Gasteiger partial charge in [0.15, 0.2) is 0 Å². The molecule has 0 radical (unpaired) electrons. The Morgan fingerprint density at radius 1 is 1.04 bits per heavy atom. The van der Waals surface area contributed by atoms with Crippen molar-refractivity contribution in [2.24, 2.45) is 0 Å². The molecule has 1 saturated heterocycles. The molecule has 0 unspecified atom stereocenters. The molecule has 1 aliphatic rings. The Kier molecular flexibility index (Phi) is 4.07. The number of carbonyl (C=O) groups is 1. The molecule has 4 rings (SSSR count). The van der Waals surface area contributed by atoms with E-state index >= 15 is 0 Å². The number of amides is 1. The third-order valence-corrected chi connectivity index (χ3v) is 4.46. The minimum absolute atomic E-state index is 0.0856. The van der Waals surface area contributed by atoms with Crippen LogP contribution in [0.4, 0.5) is 0 Å². The molecule has 1 amide bonds. The van der Waals surface area contributed by atoms with Crippen LogP contribution in [-0.4, -0.2) is 44.9 Å². The highest BCUT2D eigenvalue weighted by atomic mass is 16.3. The lowest BCUT2D eigenvalue weighted by Crippen LogP contribution is -2.29. The van der Waals surface area contributed by atoms with E-state index in [1.54, 1.807) is 15.8 Å². The highest BCUT2D eigenvalue weighted by Crippen LogP contribution is 2.26. The highest BCUT2D eigenvalue weighted by molar-refractivity contribution is 6.00. The van der Waals surface area contributed by atoms with Crippen molar-refractivity contribution >= 4 is 5.91 Å². The Bertz CT molecular complexity index is 874. The smallest absolute Gasteiger partial charge is 0.257 e. The first-order valence-electron chi connectivity index (χ1n) is 8.40. The average Bonchev–Trinajstić information content (AvgIpc) is 3.29. The number of β-amino-alcohol motifs (C(OH)–C–C–N with tert-alkyl or cyclic N) is 1. The lowest BCUT2D eigenvalue weighted by Gasteiger charge is -2.15. The summed E-state index contributed by atoms with van der Waals surface area (Å²) >= 11 is 0. The quantitative estimate of drug-likeness (QED) is 0.802. The van der Waals surface area contributed by atoms with E-state index in [-0.39, 0.29) is 5.91 Å². The number of carbonyl (C=O) groups excluding carboxylic acids is 1. The first-order chi connectivity index (χ1) is 12.2. The Hall–Kier alpha value is -2.92. The van der Waals surface area contributed by atoms with Gasteiger partial charge in [0.25, 0.3) is 5.91 Å². The number of benzene rings is 2. The van der Waals surface area contributed by atoms with Crippen LogP contribution in [0.15, 0.2) is 66.9 Å². The molecular weight excluding hydrogens is 314 g/mol. The molecule has 1 N–H and O–H groups in total. The zero-order valence-electron chi connectivity index (χ0n) is 13.7. The Morgan fingerprint density at radius 2 is 1.72 bits per heavy atom. The van der Waals surface area contributed by atoms with Crippen LogP contribution in [0.2, 0.25) is 0 Å². The van der Waals surface area contributed by atoms with Crippen molar-refractivity contribution in [3.05, 3.63) is 72.4 Å². The lowest BCUT2D eigenvalue weighted by atomic mass is 10.1. The van der Waals surface area contributed by atoms with Gasteiger partial charge in [-0.05, 0) is 18.6 Å². The summed E-state index contributed by atoms with van der Waals surface area (Å²) in [6.07, 6.45) is 1.97. The summed E-state index contributed by atoms with van der Waals surface area (Å²) in [7, 11) is 0. The fraction of sp³-hybridized carbons (Fsp3) is 0.200. The van der Waals surface area contributed by atoms with E-state index in [9.17, 15) is 9.90 Å². The maximum Gasteiger partial charge on any atom is 0.257 e. The highest BCUT2D eigenvalue weighted by Gasteiger charge is 2.28. The maximum atomic E-state index is 13.0. The van der Waals surface area contributed by atoms with E-state index in [0.29, 0.717) is 30.8 Å². The van der Waals surface area contributed by atoms with Crippen LogP contribution in [0.1, 0.15) is 16.8 Å². The Morgan fingerprint density at radius 3 is 2.36 bits per heavy atom. The van der Waals surface area contributed by atoms with Crippen molar-refractivity contribution in [1.82, 2.24) is 14.7 Å². The standard InChI is InChI=1S/C20H19N3O2/c24-17-11-12-22(13-17)20(25)18-14-23(16-9-5-2-6-10-16)21-19(18)15-7-3-1-4-8-15/h1-10,14,17,24H,11-13H2/t17-/m1/s1. The number of hydrogen-bond donors (Lipinski definition) is 1. The summed E-state index contributed by atoms with van der Waals surface area (Å²) in [5.41, 5.74) is 3.03. The third kappa shape index (κ3) is 3.06. The summed E-state index contributed by atoms with van der Waals surface area (Å²) in [6.45, 7) is 0.953. The van der Waals surface area contributed by atoms with E-state index in [1.165, 1.54) is 0 Å². The van der Waals surface area contributed by atoms with Gasteiger partial charge >= 0.3 is 0 Å². The van der Waals surface area contributed by atoms with Crippen LogP contribution in [0.25, 0.3) is 16.9 Å². The third-order valence-electron chi connectivity index (χ3n) is 4.46. The molecule has 25 heavy (non-hydrogen) atoms. The first-order valence-corrected chi connectivity index (χ1v) is 8.40. The number of para-hydroxylation sites is 1. The molecule has 1 aliphatic heterocycles. The largest absolute Gasteiger partial charge is 0.391 e. The Labute approximate surface area is 146 Å². The zero-order chi connectivity index (χ0) is 17.2. The number of nitrogens with zero attached hydrogens (tertiary/aromatic N) is 3. The summed E-state index contributed by atoms with van der Waals surface area (Å²) in [5, 5.41) is 14.4. The van der Waals surface area contributed by atoms with Gasteiger partial charge in [0.05, 0.1) is 17.4 Å². The van der Waals surface area contributed by atoms with Crippen LogP contribution in [-0.2, 0) is 0 Å². The van der Waals surface area contributed by atoms with E-state index in [2.05, 4.69) is 5.10 Å². The van der Waals surface area contributed by atoms with E-state index in [1.807, 2.05) is 60.7 Å². The topological polar surface area (TPSA) is 58.4 Å². The second kappa shape index (κ2) is 6.53. The Balaban J connectivity index is 1.78. The van der Waals surface area contributed by atoms with Crippen molar-refractivity contribution in [3.63, 3.8) is 0 Å². The summed E-state index contributed by atoms with van der Waals surface area (Å²) in [6, 6.07) is 19.5. The molecule has 126 valence electrons. The summed E-state index contributed by atoms with van der Waals surface area (Å²) in [5.74, 6) is -0.0856. The van der Waals surface area contributed by atoms with Crippen molar-refractivity contribution in [3.8, 4) is 16.9 Å². The number of rotatable bonds is 3. The van der Waals surface area contributed by atoms with Gasteiger partial charge in [0.2, 0.25) is 0 Å². The molecule has 0 spiro atoms. The number of aliphatic hydroxyl groups excluding tert-OH is 1. The molecule has 3 aromatic rings. The van der Waals surface area contributed by atoms with Crippen molar-refractivity contribution in [2.45, 2.75) is 12.5 Å². The molecule has 1 fully saturated rings. The minimum Gasteiger partial charge on any atom is -0.391 e. The van der Waals surface area contributed by atoms with Crippen LogP contribution in [0, 0.1) is 0 Å². The van der Waals surface area contributed by atoms with Gasteiger partial charge in [-0.15, -0.1) is 0 Å². The molecule has 2 aromatic carbocycles. The zero-order valence-corrected chi connectivity index (χ0v) is 13.7. The molecule has 5 heteroatoms. The molecule has 0 aliphatic carbocycles. The molecule has 5 nitrogen and oxygen atoms in total. The second-order valence-corrected chi connectivity index (χ2v) is 6.23. The molecule has 1 aromatic heterocycles. The van der Waals surface area contributed by atoms with Gasteiger partial charge in [-0.1, -0.05) is 48.5 Å². The van der Waals surface area contributed by atoms with Gasteiger partial charge in [-0.2, -0.15) is 5.10 Å². The monoisotopic (exact) mass is 333 g/mol. The van der Waals surface area contributed by atoms with Crippen molar-refractivity contribution < 1.29 is 9.90 Å². The first kappa shape index (κ1) is 15.6. The fourth-order valence-corrected chi connectivity index (χ4v) is 3.15. The van der Waals surface area contributed by atoms with Gasteiger partial charge in [-0.3, -0.25) is 4.79 Å². The maximum absolute atomic E-state index is 13.0. The summed E-state index contributed by atoms with van der Waals surface area (Å²) < 4.78 is 1.74.